The summed E-state index contributed by atoms with van der Waals surface area (Å²) in [6.45, 7) is 4.47. The van der Waals surface area contributed by atoms with Crippen molar-refractivity contribution >= 4 is 24.0 Å². The van der Waals surface area contributed by atoms with Gasteiger partial charge in [0.05, 0.1) is 6.61 Å². The summed E-state index contributed by atoms with van der Waals surface area (Å²) in [7, 11) is 0. The van der Waals surface area contributed by atoms with Crippen LogP contribution < -0.4 is 15.4 Å². The Labute approximate surface area is 169 Å². The first kappa shape index (κ1) is 21.7. The highest BCUT2D eigenvalue weighted by molar-refractivity contribution is 5.94. The van der Waals surface area contributed by atoms with Gasteiger partial charge in [0.25, 0.3) is 5.91 Å². The van der Waals surface area contributed by atoms with E-state index in [0.29, 0.717) is 12.1 Å². The van der Waals surface area contributed by atoms with Gasteiger partial charge in [0.2, 0.25) is 5.91 Å². The molecule has 0 fully saturated rings. The number of carbonyl (C=O) groups excluding carboxylic acids is 3. The normalized spacial score (nSPS) is 10.4. The summed E-state index contributed by atoms with van der Waals surface area (Å²) < 4.78 is 9.61. The molecule has 7 heteroatoms. The highest BCUT2D eigenvalue weighted by Crippen LogP contribution is 2.13. The molecule has 0 bridgehead atoms. The molecular formula is C22H24N2O5. The van der Waals surface area contributed by atoms with Crippen molar-refractivity contribution in [2.24, 2.45) is 0 Å². The summed E-state index contributed by atoms with van der Waals surface area (Å²) in [6, 6.07) is 13.9. The van der Waals surface area contributed by atoms with Gasteiger partial charge < -0.3 is 20.1 Å². The molecule has 2 aromatic rings. The molecule has 0 atom stereocenters. The van der Waals surface area contributed by atoms with E-state index < -0.39 is 6.16 Å². The van der Waals surface area contributed by atoms with Crippen molar-refractivity contribution in [1.29, 1.82) is 0 Å². The Hall–Kier alpha value is -3.61. The first-order chi connectivity index (χ1) is 14.0. The van der Waals surface area contributed by atoms with Crippen LogP contribution in [0.3, 0.4) is 0 Å². The molecule has 2 N–H and O–H groups in total. The van der Waals surface area contributed by atoms with E-state index in [0.717, 1.165) is 11.1 Å². The van der Waals surface area contributed by atoms with Gasteiger partial charge in [0.1, 0.15) is 5.75 Å². The van der Waals surface area contributed by atoms with Crippen LogP contribution in [0.25, 0.3) is 6.08 Å². The van der Waals surface area contributed by atoms with Gasteiger partial charge in [-0.15, -0.1) is 0 Å². The Kier molecular flexibility index (Phi) is 8.44. The summed E-state index contributed by atoms with van der Waals surface area (Å²) in [5, 5.41) is 5.41. The number of benzene rings is 2. The van der Waals surface area contributed by atoms with E-state index in [1.165, 1.54) is 30.3 Å². The third kappa shape index (κ3) is 7.88. The minimum Gasteiger partial charge on any atom is -0.434 e. The summed E-state index contributed by atoms with van der Waals surface area (Å²) >= 11 is 0. The molecule has 0 spiro atoms. The molecule has 0 saturated carbocycles. The van der Waals surface area contributed by atoms with Crippen LogP contribution in [0, 0.1) is 6.92 Å². The topological polar surface area (TPSA) is 93.7 Å². The molecule has 0 unspecified atom stereocenters. The maximum Gasteiger partial charge on any atom is 0.513 e. The number of hydrogen-bond acceptors (Lipinski definition) is 5. The van der Waals surface area contributed by atoms with Crippen molar-refractivity contribution in [2.45, 2.75) is 13.8 Å². The van der Waals surface area contributed by atoms with Crippen molar-refractivity contribution < 1.29 is 23.9 Å². The number of hydrogen-bond donors (Lipinski definition) is 2. The number of nitrogens with one attached hydrogen (secondary N) is 2. The quantitative estimate of drug-likeness (QED) is 0.310. The van der Waals surface area contributed by atoms with Crippen molar-refractivity contribution in [3.05, 3.63) is 71.3 Å². The molecule has 0 heterocycles. The number of amides is 2. The highest BCUT2D eigenvalue weighted by atomic mass is 16.7. The van der Waals surface area contributed by atoms with Crippen molar-refractivity contribution in [3.63, 3.8) is 0 Å². The van der Waals surface area contributed by atoms with Crippen LogP contribution in [-0.2, 0) is 9.53 Å². The van der Waals surface area contributed by atoms with E-state index in [1.807, 2.05) is 31.2 Å². The molecule has 2 rings (SSSR count). The Balaban J connectivity index is 1.71. The third-order valence-corrected chi connectivity index (χ3v) is 3.76. The number of carbonyl (C=O) groups is 3. The molecule has 7 nitrogen and oxygen atoms in total. The maximum absolute atomic E-state index is 12.1. The SMILES string of the molecule is CCOC(=O)Oc1ccc(C(=O)NCCNC(=O)/C=C/c2cccc(C)c2)cc1. The lowest BCUT2D eigenvalue weighted by Crippen LogP contribution is -2.33. The standard InChI is InChI=1S/C22H24N2O5/c1-3-28-22(27)29-19-10-8-18(9-11-19)21(26)24-14-13-23-20(25)12-7-17-6-4-5-16(2)15-17/h4-12,15H,3,13-14H2,1-2H3,(H,23,25)(H,24,26)/b12-7+. The molecule has 2 aromatic carbocycles. The molecule has 0 radical (unpaired) electrons. The summed E-state index contributed by atoms with van der Waals surface area (Å²) in [4.78, 5) is 35.2. The molecular weight excluding hydrogens is 372 g/mol. The van der Waals surface area contributed by atoms with E-state index >= 15 is 0 Å². The molecule has 0 aromatic heterocycles. The average Bonchev–Trinajstić information content (AvgIpc) is 2.70. The zero-order valence-corrected chi connectivity index (χ0v) is 16.4. The van der Waals surface area contributed by atoms with Gasteiger partial charge in [-0.2, -0.15) is 0 Å². The van der Waals surface area contributed by atoms with Crippen LogP contribution >= 0.6 is 0 Å². The molecule has 0 aliphatic rings. The molecule has 2 amide bonds. The highest BCUT2D eigenvalue weighted by Gasteiger charge is 2.08. The van der Waals surface area contributed by atoms with Gasteiger partial charge in [-0.25, -0.2) is 4.79 Å². The lowest BCUT2D eigenvalue weighted by molar-refractivity contribution is -0.116. The molecule has 0 saturated heterocycles. The van der Waals surface area contributed by atoms with E-state index in [1.54, 1.807) is 13.0 Å². The second-order valence-electron chi connectivity index (χ2n) is 6.10. The Morgan fingerprint density at radius 3 is 2.41 bits per heavy atom. The smallest absolute Gasteiger partial charge is 0.434 e. The minimum atomic E-state index is -0.795. The molecule has 152 valence electrons. The van der Waals surface area contributed by atoms with Gasteiger partial charge in [-0.05, 0) is 49.8 Å². The van der Waals surface area contributed by atoms with Crippen molar-refractivity contribution in [1.82, 2.24) is 10.6 Å². The van der Waals surface area contributed by atoms with Crippen LogP contribution in [0.1, 0.15) is 28.4 Å². The summed E-state index contributed by atoms with van der Waals surface area (Å²) in [6.07, 6.45) is 2.40. The predicted molar refractivity (Wildman–Crippen MR) is 110 cm³/mol. The first-order valence-electron chi connectivity index (χ1n) is 9.23. The van der Waals surface area contributed by atoms with E-state index in [9.17, 15) is 14.4 Å². The van der Waals surface area contributed by atoms with Crippen molar-refractivity contribution in [3.8, 4) is 5.75 Å². The van der Waals surface area contributed by atoms with Crippen LogP contribution in [0.5, 0.6) is 5.75 Å². The maximum atomic E-state index is 12.1. The first-order valence-corrected chi connectivity index (χ1v) is 9.23. The van der Waals surface area contributed by atoms with E-state index in [2.05, 4.69) is 15.4 Å². The monoisotopic (exact) mass is 396 g/mol. The fourth-order valence-corrected chi connectivity index (χ4v) is 2.39. The van der Waals surface area contributed by atoms with Crippen LogP contribution in [0.2, 0.25) is 0 Å². The second-order valence-corrected chi connectivity index (χ2v) is 6.10. The van der Waals surface area contributed by atoms with Gasteiger partial charge in [0.15, 0.2) is 0 Å². The number of aryl methyl sites for hydroxylation is 1. The van der Waals surface area contributed by atoms with Gasteiger partial charge >= 0.3 is 6.16 Å². The number of ether oxygens (including phenoxy) is 2. The van der Waals surface area contributed by atoms with Crippen LogP contribution in [0.15, 0.2) is 54.6 Å². The van der Waals surface area contributed by atoms with E-state index in [4.69, 9.17) is 4.74 Å². The lowest BCUT2D eigenvalue weighted by atomic mass is 10.1. The Morgan fingerprint density at radius 2 is 1.72 bits per heavy atom. The minimum absolute atomic E-state index is 0.220. The predicted octanol–water partition coefficient (Wildman–Crippen LogP) is 3.09. The van der Waals surface area contributed by atoms with Gasteiger partial charge in [-0.3, -0.25) is 9.59 Å². The zero-order valence-electron chi connectivity index (χ0n) is 16.4. The van der Waals surface area contributed by atoms with Gasteiger partial charge in [-0.1, -0.05) is 29.8 Å². The van der Waals surface area contributed by atoms with E-state index in [-0.39, 0.29) is 30.7 Å². The third-order valence-electron chi connectivity index (χ3n) is 3.76. The van der Waals surface area contributed by atoms with Gasteiger partial charge in [0, 0.05) is 24.7 Å². The fraction of sp³-hybridized carbons (Fsp3) is 0.227. The zero-order chi connectivity index (χ0) is 21.1. The fourth-order valence-electron chi connectivity index (χ4n) is 2.39. The average molecular weight is 396 g/mol. The second kappa shape index (κ2) is 11.3. The number of rotatable bonds is 8. The summed E-state index contributed by atoms with van der Waals surface area (Å²) in [5.74, 6) is -0.244. The lowest BCUT2D eigenvalue weighted by Gasteiger charge is -2.07. The molecule has 0 aliphatic carbocycles. The Bertz CT molecular complexity index is 875. The van der Waals surface area contributed by atoms with Crippen LogP contribution in [-0.4, -0.2) is 37.7 Å². The van der Waals surface area contributed by atoms with Crippen molar-refractivity contribution in [2.75, 3.05) is 19.7 Å². The largest absolute Gasteiger partial charge is 0.513 e. The molecule has 29 heavy (non-hydrogen) atoms. The summed E-state index contributed by atoms with van der Waals surface area (Å²) in [5.41, 5.74) is 2.48. The van der Waals surface area contributed by atoms with Crippen LogP contribution in [0.4, 0.5) is 4.79 Å². The Morgan fingerprint density at radius 1 is 1.00 bits per heavy atom. The molecule has 0 aliphatic heterocycles.